The molecular weight excluding hydrogens is 457 g/mol. The average Bonchev–Trinajstić information content (AvgIpc) is 2.77. The largest absolute Gasteiger partial charge is 0.497 e. The summed E-state index contributed by atoms with van der Waals surface area (Å²) in [6.45, 7) is 0.980. The Morgan fingerprint density at radius 3 is 2.39 bits per heavy atom. The van der Waals surface area contributed by atoms with Crippen molar-refractivity contribution in [3.8, 4) is 5.75 Å². The molecule has 0 aliphatic carbocycles. The van der Waals surface area contributed by atoms with Crippen LogP contribution in [-0.2, 0) is 16.3 Å². The second kappa shape index (κ2) is 11.5. The Bertz CT molecular complexity index is 1090. The topological polar surface area (TPSA) is 75.6 Å². The van der Waals surface area contributed by atoms with E-state index in [-0.39, 0.29) is 22.2 Å². The van der Waals surface area contributed by atoms with E-state index in [4.69, 9.17) is 16.3 Å². The summed E-state index contributed by atoms with van der Waals surface area (Å²) in [6.07, 6.45) is -0.0284. The molecule has 166 valence electrons. The van der Waals surface area contributed by atoms with E-state index in [1.165, 1.54) is 7.11 Å². The highest BCUT2D eigenvalue weighted by atomic mass is 35.5. The molecule has 0 aromatic heterocycles. The Morgan fingerprint density at radius 2 is 1.71 bits per heavy atom. The number of rotatable bonds is 9. The number of hydrogen-bond acceptors (Lipinski definition) is 5. The first-order valence-electron chi connectivity index (χ1n) is 9.52. The van der Waals surface area contributed by atoms with Crippen molar-refractivity contribution in [1.82, 2.24) is 5.32 Å². The first kappa shape index (κ1) is 25.2. The minimum atomic E-state index is -3.60. The van der Waals surface area contributed by atoms with Crippen LogP contribution in [0.25, 0.3) is 0 Å². The molecular formula is C23H25Cl2NO4S. The molecule has 5 nitrogen and oxygen atoms in total. The van der Waals surface area contributed by atoms with Crippen LogP contribution in [0.2, 0.25) is 5.02 Å². The van der Waals surface area contributed by atoms with E-state index in [0.717, 1.165) is 11.1 Å². The Balaban J connectivity index is 0.00000341. The molecule has 1 atom stereocenters. The number of methoxy groups -OCH3 is 1. The number of aliphatic hydroxyl groups is 1. The lowest BCUT2D eigenvalue weighted by Gasteiger charge is -2.13. The molecule has 0 saturated carbocycles. The molecule has 0 radical (unpaired) electrons. The summed E-state index contributed by atoms with van der Waals surface area (Å²) in [6, 6.07) is 20.4. The lowest BCUT2D eigenvalue weighted by atomic mass is 10.1. The lowest BCUT2D eigenvalue weighted by molar-refractivity contribution is 0.175. The molecule has 3 aromatic rings. The van der Waals surface area contributed by atoms with Crippen molar-refractivity contribution in [1.29, 1.82) is 0 Å². The zero-order valence-corrected chi connectivity index (χ0v) is 19.4. The number of nitrogens with one attached hydrogen (secondary N) is 1. The molecule has 2 N–H and O–H groups in total. The van der Waals surface area contributed by atoms with Crippen LogP contribution in [0.1, 0.15) is 17.2 Å². The van der Waals surface area contributed by atoms with Crippen LogP contribution in [0.3, 0.4) is 0 Å². The van der Waals surface area contributed by atoms with Crippen molar-refractivity contribution < 1.29 is 18.3 Å². The fourth-order valence-electron chi connectivity index (χ4n) is 3.06. The number of benzene rings is 3. The maximum atomic E-state index is 12.9. The van der Waals surface area contributed by atoms with E-state index in [1.807, 2.05) is 12.1 Å². The second-order valence-electron chi connectivity index (χ2n) is 6.85. The molecule has 31 heavy (non-hydrogen) atoms. The molecule has 0 bridgehead atoms. The van der Waals surface area contributed by atoms with Gasteiger partial charge in [0, 0.05) is 11.6 Å². The summed E-state index contributed by atoms with van der Waals surface area (Å²) in [7, 11) is -2.06. The van der Waals surface area contributed by atoms with Gasteiger partial charge >= 0.3 is 0 Å². The van der Waals surface area contributed by atoms with E-state index in [2.05, 4.69) is 5.32 Å². The Kier molecular flexibility index (Phi) is 9.34. The van der Waals surface area contributed by atoms with E-state index >= 15 is 0 Å². The molecule has 0 amide bonds. The standard InChI is InChI=1S/C23H24ClNO4S.ClH/c1-29-20-8-10-21(11-9-20)30(27,28)22-7-2-4-17(14-22)12-13-25-16-23(26)18-5-3-6-19(24)15-18;/h2-11,14-15,23,25-26H,12-13,16H2,1H3;1H/t23-;/m0./s1. The van der Waals surface area contributed by atoms with Crippen molar-refractivity contribution in [3.05, 3.63) is 88.9 Å². The Hall–Kier alpha value is -2.09. The summed E-state index contributed by atoms with van der Waals surface area (Å²) in [5.74, 6) is 0.605. The predicted molar refractivity (Wildman–Crippen MR) is 125 cm³/mol. The third-order valence-corrected chi connectivity index (χ3v) is 6.74. The van der Waals surface area contributed by atoms with E-state index in [9.17, 15) is 13.5 Å². The van der Waals surface area contributed by atoms with E-state index < -0.39 is 15.9 Å². The van der Waals surface area contributed by atoms with Crippen molar-refractivity contribution in [2.75, 3.05) is 20.2 Å². The SMILES string of the molecule is COc1ccc(S(=O)(=O)c2cccc(CCNC[C@H](O)c3cccc(Cl)c3)c2)cc1.Cl. The van der Waals surface area contributed by atoms with Crippen LogP contribution < -0.4 is 10.1 Å². The predicted octanol–water partition coefficient (Wildman–Crippen LogP) is 4.47. The van der Waals surface area contributed by atoms with Gasteiger partial charge in [0.2, 0.25) is 9.84 Å². The van der Waals surface area contributed by atoms with Crippen molar-refractivity contribution in [2.24, 2.45) is 0 Å². The highest BCUT2D eigenvalue weighted by Crippen LogP contribution is 2.24. The van der Waals surface area contributed by atoms with Crippen LogP contribution in [0.15, 0.2) is 82.6 Å². The van der Waals surface area contributed by atoms with Gasteiger partial charge in [0.1, 0.15) is 5.75 Å². The van der Waals surface area contributed by atoms with Crippen LogP contribution in [0.5, 0.6) is 5.75 Å². The summed E-state index contributed by atoms with van der Waals surface area (Å²) in [5, 5.41) is 14.0. The third kappa shape index (κ3) is 6.69. The van der Waals surface area contributed by atoms with E-state index in [1.54, 1.807) is 60.7 Å². The summed E-state index contributed by atoms with van der Waals surface area (Å²) in [4.78, 5) is 0.479. The van der Waals surface area contributed by atoms with Gasteiger partial charge in [0.25, 0.3) is 0 Å². The van der Waals surface area contributed by atoms with Gasteiger partial charge in [-0.05, 0) is 72.6 Å². The molecule has 3 aromatic carbocycles. The zero-order valence-electron chi connectivity index (χ0n) is 17.0. The van der Waals surface area contributed by atoms with Crippen LogP contribution >= 0.6 is 24.0 Å². The first-order chi connectivity index (χ1) is 14.4. The van der Waals surface area contributed by atoms with Gasteiger partial charge in [-0.3, -0.25) is 0 Å². The quantitative estimate of drug-likeness (QED) is 0.441. The van der Waals surface area contributed by atoms with Gasteiger partial charge in [-0.15, -0.1) is 12.4 Å². The lowest BCUT2D eigenvalue weighted by Crippen LogP contribution is -2.23. The minimum absolute atomic E-state index is 0. The van der Waals surface area contributed by atoms with Gasteiger partial charge in [-0.25, -0.2) is 8.42 Å². The number of sulfone groups is 1. The van der Waals surface area contributed by atoms with Crippen LogP contribution in [0, 0.1) is 0 Å². The number of aliphatic hydroxyl groups excluding tert-OH is 1. The van der Waals surface area contributed by atoms with Gasteiger partial charge in [-0.2, -0.15) is 0 Å². The fraction of sp³-hybridized carbons (Fsp3) is 0.217. The Labute approximate surface area is 194 Å². The number of ether oxygens (including phenoxy) is 1. The molecule has 0 unspecified atom stereocenters. The maximum Gasteiger partial charge on any atom is 0.206 e. The highest BCUT2D eigenvalue weighted by molar-refractivity contribution is 7.91. The minimum Gasteiger partial charge on any atom is -0.497 e. The normalized spacial score (nSPS) is 12.1. The Morgan fingerprint density at radius 1 is 1.00 bits per heavy atom. The third-order valence-electron chi connectivity index (χ3n) is 4.74. The van der Waals surface area contributed by atoms with Gasteiger partial charge in [-0.1, -0.05) is 35.9 Å². The maximum absolute atomic E-state index is 12.9. The smallest absolute Gasteiger partial charge is 0.206 e. The number of halogens is 2. The number of hydrogen-bond donors (Lipinski definition) is 2. The van der Waals surface area contributed by atoms with Crippen molar-refractivity contribution in [3.63, 3.8) is 0 Å². The van der Waals surface area contributed by atoms with E-state index in [0.29, 0.717) is 30.3 Å². The van der Waals surface area contributed by atoms with Crippen LogP contribution in [-0.4, -0.2) is 33.7 Å². The van der Waals surface area contributed by atoms with Gasteiger partial charge < -0.3 is 15.2 Å². The molecule has 0 heterocycles. The zero-order chi connectivity index (χ0) is 21.6. The molecule has 0 aliphatic rings. The summed E-state index contributed by atoms with van der Waals surface area (Å²) < 4.78 is 30.9. The van der Waals surface area contributed by atoms with Gasteiger partial charge in [0.15, 0.2) is 0 Å². The molecule has 0 saturated heterocycles. The summed E-state index contributed by atoms with van der Waals surface area (Å²) >= 11 is 5.95. The van der Waals surface area contributed by atoms with Crippen molar-refractivity contribution in [2.45, 2.75) is 22.3 Å². The van der Waals surface area contributed by atoms with Gasteiger partial charge in [0.05, 0.1) is 23.0 Å². The highest BCUT2D eigenvalue weighted by Gasteiger charge is 2.18. The molecule has 0 spiro atoms. The molecule has 0 aliphatic heterocycles. The average molecular weight is 482 g/mol. The first-order valence-corrected chi connectivity index (χ1v) is 11.4. The summed E-state index contributed by atoms with van der Waals surface area (Å²) in [5.41, 5.74) is 1.65. The molecule has 0 fully saturated rings. The van der Waals surface area contributed by atoms with Crippen LogP contribution in [0.4, 0.5) is 0 Å². The molecule has 8 heteroatoms. The molecule has 3 rings (SSSR count). The monoisotopic (exact) mass is 481 g/mol. The fourth-order valence-corrected chi connectivity index (χ4v) is 4.59. The second-order valence-corrected chi connectivity index (χ2v) is 9.24. The van der Waals surface area contributed by atoms with Crippen molar-refractivity contribution >= 4 is 33.8 Å².